The van der Waals surface area contributed by atoms with Gasteiger partial charge in [0.25, 0.3) is 11.8 Å². The highest BCUT2D eigenvalue weighted by molar-refractivity contribution is 7.11. The zero-order valence-electron chi connectivity index (χ0n) is 20.1. The van der Waals surface area contributed by atoms with Gasteiger partial charge in [0, 0.05) is 80.2 Å². The van der Waals surface area contributed by atoms with E-state index in [9.17, 15) is 22.8 Å². The molecule has 4 aromatic rings. The van der Waals surface area contributed by atoms with Crippen LogP contribution in [0.15, 0.2) is 60.4 Å². The van der Waals surface area contributed by atoms with E-state index >= 15 is 0 Å². The molecule has 8 nitrogen and oxygen atoms in total. The van der Waals surface area contributed by atoms with Gasteiger partial charge in [0.2, 0.25) is 0 Å². The molecule has 6 rings (SSSR count). The molecule has 5 heterocycles. The van der Waals surface area contributed by atoms with Crippen molar-refractivity contribution in [2.24, 2.45) is 0 Å². The molecule has 2 aliphatic heterocycles. The summed E-state index contributed by atoms with van der Waals surface area (Å²) in [7, 11) is 0. The Morgan fingerprint density at radius 1 is 0.921 bits per heavy atom. The number of pyridine rings is 1. The molecule has 0 spiro atoms. The van der Waals surface area contributed by atoms with Crippen LogP contribution in [0, 0.1) is 0 Å². The van der Waals surface area contributed by atoms with Crippen molar-refractivity contribution in [3.63, 3.8) is 0 Å². The fraction of sp³-hybridized carbons (Fsp3) is 0.308. The molecule has 2 amide bonds. The fourth-order valence-corrected chi connectivity index (χ4v) is 5.56. The van der Waals surface area contributed by atoms with E-state index in [1.807, 2.05) is 15.9 Å². The Morgan fingerprint density at radius 2 is 1.71 bits per heavy atom. The zero-order valence-corrected chi connectivity index (χ0v) is 21.0. The summed E-state index contributed by atoms with van der Waals surface area (Å²) in [5.41, 5.74) is 0.512. The van der Waals surface area contributed by atoms with Crippen molar-refractivity contribution in [3.8, 4) is 5.82 Å². The molecule has 0 bridgehead atoms. The zero-order chi connectivity index (χ0) is 26.4. The maximum atomic E-state index is 13.1. The van der Waals surface area contributed by atoms with Gasteiger partial charge in [0.1, 0.15) is 5.82 Å². The number of alkyl halides is 3. The Bertz CT molecular complexity index is 1470. The number of hydrogen-bond donors (Lipinski definition) is 0. The quantitative estimate of drug-likeness (QED) is 0.394. The second kappa shape index (κ2) is 9.52. The number of thiazole rings is 1. The van der Waals surface area contributed by atoms with E-state index in [0.29, 0.717) is 42.6 Å². The summed E-state index contributed by atoms with van der Waals surface area (Å²) in [6.07, 6.45) is -0.256. The minimum Gasteiger partial charge on any atom is -0.335 e. The first kappa shape index (κ1) is 24.6. The normalized spacial score (nSPS) is 17.1. The lowest BCUT2D eigenvalue weighted by Crippen LogP contribution is -2.64. The smallest absolute Gasteiger partial charge is 0.335 e. The maximum absolute atomic E-state index is 13.1. The van der Waals surface area contributed by atoms with Gasteiger partial charge in [-0.05, 0) is 36.4 Å². The highest BCUT2D eigenvalue weighted by Crippen LogP contribution is 2.30. The summed E-state index contributed by atoms with van der Waals surface area (Å²) in [6, 6.07) is 9.75. The number of piperazine rings is 1. The molecule has 1 aromatic carbocycles. The molecule has 38 heavy (non-hydrogen) atoms. The maximum Gasteiger partial charge on any atom is 0.417 e. The number of rotatable bonds is 4. The van der Waals surface area contributed by atoms with Crippen molar-refractivity contribution in [2.75, 3.05) is 39.3 Å². The van der Waals surface area contributed by atoms with Gasteiger partial charge in [-0.2, -0.15) is 13.2 Å². The van der Waals surface area contributed by atoms with Crippen molar-refractivity contribution in [2.45, 2.75) is 12.2 Å². The van der Waals surface area contributed by atoms with E-state index in [1.165, 1.54) is 17.4 Å². The second-order valence-corrected chi connectivity index (χ2v) is 10.3. The molecular weight excluding hydrogens is 517 g/mol. The van der Waals surface area contributed by atoms with Crippen LogP contribution in [0.25, 0.3) is 16.7 Å². The number of amides is 2. The molecule has 196 valence electrons. The largest absolute Gasteiger partial charge is 0.417 e. The summed E-state index contributed by atoms with van der Waals surface area (Å²) in [6.45, 7) is 4.08. The third kappa shape index (κ3) is 4.54. The first-order valence-corrected chi connectivity index (χ1v) is 13.0. The third-order valence-electron chi connectivity index (χ3n) is 7.14. The third-order valence-corrected chi connectivity index (χ3v) is 7.90. The van der Waals surface area contributed by atoms with Crippen molar-refractivity contribution in [1.82, 2.24) is 29.2 Å². The summed E-state index contributed by atoms with van der Waals surface area (Å²) in [4.78, 5) is 39.6. The first-order valence-electron chi connectivity index (χ1n) is 12.1. The van der Waals surface area contributed by atoms with E-state index in [1.54, 1.807) is 40.5 Å². The van der Waals surface area contributed by atoms with Crippen molar-refractivity contribution in [1.29, 1.82) is 0 Å². The van der Waals surface area contributed by atoms with Crippen LogP contribution in [-0.4, -0.2) is 86.4 Å². The SMILES string of the molecule is O=C(c1ccc2c(ccn2-c2ccc(C(F)(F)F)cn2)c1)N1CC(N2CCN(C(=O)c3nccs3)CC2)C1. The molecule has 3 aromatic heterocycles. The summed E-state index contributed by atoms with van der Waals surface area (Å²) < 4.78 is 40.3. The van der Waals surface area contributed by atoms with E-state index in [0.717, 1.165) is 36.3 Å². The van der Waals surface area contributed by atoms with Crippen LogP contribution in [-0.2, 0) is 6.18 Å². The second-order valence-electron chi connectivity index (χ2n) is 9.39. The van der Waals surface area contributed by atoms with Gasteiger partial charge in [-0.25, -0.2) is 9.97 Å². The van der Waals surface area contributed by atoms with Crippen LogP contribution < -0.4 is 0 Å². The van der Waals surface area contributed by atoms with Crippen LogP contribution >= 0.6 is 11.3 Å². The van der Waals surface area contributed by atoms with Crippen LogP contribution in [0.5, 0.6) is 0 Å². The molecule has 12 heteroatoms. The van der Waals surface area contributed by atoms with Crippen LogP contribution in [0.2, 0.25) is 0 Å². The summed E-state index contributed by atoms with van der Waals surface area (Å²) >= 11 is 1.35. The minimum absolute atomic E-state index is 0.0246. The number of likely N-dealkylation sites (tertiary alicyclic amines) is 1. The molecular formula is C26H23F3N6O2S. The average molecular weight is 541 g/mol. The molecule has 2 saturated heterocycles. The van der Waals surface area contributed by atoms with Gasteiger partial charge >= 0.3 is 6.18 Å². The summed E-state index contributed by atoms with van der Waals surface area (Å²) in [5, 5.41) is 3.12. The number of nitrogens with zero attached hydrogens (tertiary/aromatic N) is 6. The number of hydrogen-bond acceptors (Lipinski definition) is 6. The van der Waals surface area contributed by atoms with Gasteiger partial charge < -0.3 is 14.4 Å². The Hall–Kier alpha value is -3.77. The molecule has 0 atom stereocenters. The number of carbonyl (C=O) groups is 2. The molecule has 0 radical (unpaired) electrons. The van der Waals surface area contributed by atoms with E-state index < -0.39 is 11.7 Å². The van der Waals surface area contributed by atoms with Crippen molar-refractivity contribution >= 4 is 34.1 Å². The Morgan fingerprint density at radius 3 is 2.37 bits per heavy atom. The molecule has 2 aliphatic rings. The van der Waals surface area contributed by atoms with Crippen LogP contribution in [0.1, 0.15) is 25.7 Å². The Balaban J connectivity index is 1.06. The lowest BCUT2D eigenvalue weighted by Gasteiger charge is -2.48. The predicted octanol–water partition coefficient (Wildman–Crippen LogP) is 3.78. The highest BCUT2D eigenvalue weighted by Gasteiger charge is 2.37. The summed E-state index contributed by atoms with van der Waals surface area (Å²) in [5.74, 6) is 0.288. The molecule has 0 aliphatic carbocycles. The van der Waals surface area contributed by atoms with Crippen molar-refractivity contribution in [3.05, 3.63) is 76.5 Å². The minimum atomic E-state index is -4.44. The molecule has 0 N–H and O–H groups in total. The fourth-order valence-electron chi connectivity index (χ4n) is 4.96. The lowest BCUT2D eigenvalue weighted by molar-refractivity contribution is -0.137. The monoisotopic (exact) mass is 540 g/mol. The van der Waals surface area contributed by atoms with Crippen LogP contribution in [0.4, 0.5) is 13.2 Å². The average Bonchev–Trinajstić information content (AvgIpc) is 3.57. The lowest BCUT2D eigenvalue weighted by atomic mass is 10.0. The number of benzene rings is 1. The molecule has 0 unspecified atom stereocenters. The van der Waals surface area contributed by atoms with Gasteiger partial charge in [-0.15, -0.1) is 11.3 Å². The molecule has 0 saturated carbocycles. The number of fused-ring (bicyclic) bond motifs is 1. The molecule has 2 fully saturated rings. The van der Waals surface area contributed by atoms with E-state index in [2.05, 4.69) is 14.9 Å². The highest BCUT2D eigenvalue weighted by atomic mass is 32.1. The van der Waals surface area contributed by atoms with E-state index in [-0.39, 0.29) is 17.9 Å². The van der Waals surface area contributed by atoms with Gasteiger partial charge in [-0.3, -0.25) is 14.5 Å². The van der Waals surface area contributed by atoms with Crippen LogP contribution in [0.3, 0.4) is 0 Å². The van der Waals surface area contributed by atoms with Gasteiger partial charge in [-0.1, -0.05) is 0 Å². The number of carbonyl (C=O) groups excluding carboxylic acids is 2. The standard InChI is InChI=1S/C26H23F3N6O2S/c27-26(28,29)19-2-4-22(31-14-19)35-7-5-17-13-18(1-3-21(17)35)24(36)34-15-20(16-34)32-8-10-33(11-9-32)25(37)23-30-6-12-38-23/h1-7,12-14,20H,8-11,15-16H2. The number of halogens is 3. The van der Waals surface area contributed by atoms with Gasteiger partial charge in [0.15, 0.2) is 5.01 Å². The first-order chi connectivity index (χ1) is 18.3. The Kier molecular flexibility index (Phi) is 6.15. The van der Waals surface area contributed by atoms with E-state index in [4.69, 9.17) is 0 Å². The Labute approximate surface area is 219 Å². The predicted molar refractivity (Wildman–Crippen MR) is 135 cm³/mol. The van der Waals surface area contributed by atoms with Crippen molar-refractivity contribution < 1.29 is 22.8 Å². The number of aromatic nitrogens is 3. The van der Waals surface area contributed by atoms with Gasteiger partial charge in [0.05, 0.1) is 11.1 Å². The topological polar surface area (TPSA) is 74.6 Å².